The van der Waals surface area contributed by atoms with Crippen LogP contribution in [0, 0.1) is 5.92 Å². The Morgan fingerprint density at radius 1 is 1.39 bits per heavy atom. The smallest absolute Gasteiger partial charge is 0.226 e. The first-order valence-corrected chi connectivity index (χ1v) is 8.94. The molecule has 1 amide bonds. The van der Waals surface area contributed by atoms with E-state index in [1.807, 2.05) is 29.6 Å². The van der Waals surface area contributed by atoms with Gasteiger partial charge in [-0.1, -0.05) is 43.6 Å². The second kappa shape index (κ2) is 8.43. The molecule has 0 aliphatic heterocycles. The van der Waals surface area contributed by atoms with Gasteiger partial charge < -0.3 is 11.1 Å². The van der Waals surface area contributed by atoms with E-state index in [1.54, 1.807) is 0 Å². The highest BCUT2D eigenvalue weighted by Gasteiger charge is 2.15. The zero-order valence-electron chi connectivity index (χ0n) is 13.4. The van der Waals surface area contributed by atoms with Gasteiger partial charge in [0.2, 0.25) is 5.91 Å². The third kappa shape index (κ3) is 5.30. The van der Waals surface area contributed by atoms with Crippen LogP contribution in [-0.2, 0) is 11.2 Å². The van der Waals surface area contributed by atoms with E-state index in [9.17, 15) is 4.79 Å². The van der Waals surface area contributed by atoms with Gasteiger partial charge in [0.25, 0.3) is 0 Å². The third-order valence-electron chi connectivity index (χ3n) is 3.40. The Morgan fingerprint density at radius 3 is 2.78 bits per heavy atom. The molecule has 6 heteroatoms. The van der Waals surface area contributed by atoms with Crippen molar-refractivity contribution in [2.45, 2.75) is 32.7 Å². The lowest BCUT2D eigenvalue weighted by Gasteiger charge is -2.18. The molecule has 0 saturated heterocycles. The van der Waals surface area contributed by atoms with Gasteiger partial charge in [-0.3, -0.25) is 4.79 Å². The van der Waals surface area contributed by atoms with Gasteiger partial charge in [-0.25, -0.2) is 4.98 Å². The van der Waals surface area contributed by atoms with Gasteiger partial charge in [0, 0.05) is 23.5 Å². The van der Waals surface area contributed by atoms with Crippen molar-refractivity contribution < 1.29 is 4.79 Å². The molecule has 0 bridgehead atoms. The van der Waals surface area contributed by atoms with E-state index in [4.69, 9.17) is 17.3 Å². The van der Waals surface area contributed by atoms with Gasteiger partial charge in [0.05, 0.1) is 17.1 Å². The summed E-state index contributed by atoms with van der Waals surface area (Å²) in [7, 11) is 0. The van der Waals surface area contributed by atoms with Crippen LogP contribution in [0.4, 0.5) is 0 Å². The average Bonchev–Trinajstić information content (AvgIpc) is 2.94. The van der Waals surface area contributed by atoms with Gasteiger partial charge in [0.1, 0.15) is 5.01 Å². The Morgan fingerprint density at radius 2 is 2.13 bits per heavy atom. The van der Waals surface area contributed by atoms with Crippen molar-refractivity contribution in [2.24, 2.45) is 11.7 Å². The van der Waals surface area contributed by atoms with Gasteiger partial charge in [0.15, 0.2) is 0 Å². The van der Waals surface area contributed by atoms with Gasteiger partial charge >= 0.3 is 0 Å². The predicted molar refractivity (Wildman–Crippen MR) is 96.7 cm³/mol. The van der Waals surface area contributed by atoms with E-state index in [2.05, 4.69) is 24.1 Å². The van der Waals surface area contributed by atoms with Crippen LogP contribution in [0.3, 0.4) is 0 Å². The van der Waals surface area contributed by atoms with Crippen LogP contribution in [0.25, 0.3) is 10.6 Å². The second-order valence-electron chi connectivity index (χ2n) is 5.93. The monoisotopic (exact) mass is 351 g/mol. The predicted octanol–water partition coefficient (Wildman–Crippen LogP) is 3.50. The molecule has 1 aromatic carbocycles. The molecule has 1 aromatic heterocycles. The van der Waals surface area contributed by atoms with Crippen LogP contribution in [0.5, 0.6) is 0 Å². The zero-order chi connectivity index (χ0) is 16.8. The Labute approximate surface area is 146 Å². The summed E-state index contributed by atoms with van der Waals surface area (Å²) in [6.45, 7) is 4.68. The number of amides is 1. The Balaban J connectivity index is 1.99. The van der Waals surface area contributed by atoms with Crippen molar-refractivity contribution in [2.75, 3.05) is 6.54 Å². The Kier molecular flexibility index (Phi) is 6.57. The van der Waals surface area contributed by atoms with E-state index < -0.39 is 0 Å². The Hall–Kier alpha value is -1.43. The summed E-state index contributed by atoms with van der Waals surface area (Å²) in [5, 5.41) is 6.38. The number of rotatable bonds is 7. The third-order valence-corrected chi connectivity index (χ3v) is 4.66. The van der Waals surface area contributed by atoms with Gasteiger partial charge in [-0.15, -0.1) is 11.3 Å². The largest absolute Gasteiger partial charge is 0.352 e. The van der Waals surface area contributed by atoms with Crippen LogP contribution >= 0.6 is 22.9 Å². The first-order chi connectivity index (χ1) is 11.0. The number of halogens is 1. The van der Waals surface area contributed by atoms with Crippen molar-refractivity contribution in [3.05, 3.63) is 40.4 Å². The normalized spacial score (nSPS) is 12.4. The van der Waals surface area contributed by atoms with E-state index in [0.29, 0.717) is 17.5 Å². The van der Waals surface area contributed by atoms with Crippen LogP contribution in [0.2, 0.25) is 5.02 Å². The number of aromatic nitrogens is 1. The number of nitrogens with one attached hydrogen (secondary N) is 1. The SMILES string of the molecule is CC(C)CC(CN)NC(=O)Cc1csc(-c2ccccc2Cl)n1. The molecular formula is C17H22ClN3OS. The number of benzene rings is 1. The van der Waals surface area contributed by atoms with E-state index in [1.165, 1.54) is 11.3 Å². The minimum atomic E-state index is -0.0443. The molecule has 2 rings (SSSR count). The highest BCUT2D eigenvalue weighted by Crippen LogP contribution is 2.30. The molecule has 0 fully saturated rings. The maximum atomic E-state index is 12.1. The molecule has 1 unspecified atom stereocenters. The zero-order valence-corrected chi connectivity index (χ0v) is 15.0. The summed E-state index contributed by atoms with van der Waals surface area (Å²) < 4.78 is 0. The number of hydrogen-bond acceptors (Lipinski definition) is 4. The molecule has 4 nitrogen and oxygen atoms in total. The number of nitrogens with two attached hydrogens (primary N) is 1. The molecule has 0 radical (unpaired) electrons. The summed E-state index contributed by atoms with van der Waals surface area (Å²) in [5.41, 5.74) is 7.36. The molecule has 23 heavy (non-hydrogen) atoms. The number of carbonyl (C=O) groups excluding carboxylic acids is 1. The fourth-order valence-electron chi connectivity index (χ4n) is 2.37. The minimum absolute atomic E-state index is 0.0178. The van der Waals surface area contributed by atoms with Gasteiger partial charge in [-0.2, -0.15) is 0 Å². The number of nitrogens with zero attached hydrogens (tertiary/aromatic N) is 1. The lowest BCUT2D eigenvalue weighted by atomic mass is 10.0. The fraction of sp³-hybridized carbons (Fsp3) is 0.412. The minimum Gasteiger partial charge on any atom is -0.352 e. The summed E-state index contributed by atoms with van der Waals surface area (Å²) in [4.78, 5) is 16.7. The summed E-state index contributed by atoms with van der Waals surface area (Å²) in [6, 6.07) is 7.59. The summed E-state index contributed by atoms with van der Waals surface area (Å²) in [6.07, 6.45) is 1.14. The molecule has 0 spiro atoms. The summed E-state index contributed by atoms with van der Waals surface area (Å²) >= 11 is 7.68. The van der Waals surface area contributed by atoms with Gasteiger partial charge in [-0.05, 0) is 18.4 Å². The molecule has 0 aliphatic rings. The fourth-order valence-corrected chi connectivity index (χ4v) is 3.51. The van der Waals surface area contributed by atoms with Crippen molar-refractivity contribution >= 4 is 28.8 Å². The lowest BCUT2D eigenvalue weighted by molar-refractivity contribution is -0.121. The van der Waals surface area contributed by atoms with Crippen molar-refractivity contribution in [3.8, 4) is 10.6 Å². The van der Waals surface area contributed by atoms with E-state index in [0.717, 1.165) is 22.7 Å². The number of carbonyl (C=O) groups is 1. The van der Waals surface area contributed by atoms with Crippen LogP contribution in [0.1, 0.15) is 26.0 Å². The van der Waals surface area contributed by atoms with Crippen LogP contribution in [-0.4, -0.2) is 23.5 Å². The van der Waals surface area contributed by atoms with Crippen LogP contribution < -0.4 is 11.1 Å². The highest BCUT2D eigenvalue weighted by molar-refractivity contribution is 7.13. The molecule has 1 atom stereocenters. The molecular weight excluding hydrogens is 330 g/mol. The average molecular weight is 352 g/mol. The van der Waals surface area contributed by atoms with Crippen LogP contribution in [0.15, 0.2) is 29.6 Å². The molecule has 0 saturated carbocycles. The highest BCUT2D eigenvalue weighted by atomic mass is 35.5. The maximum absolute atomic E-state index is 12.1. The molecule has 3 N–H and O–H groups in total. The first kappa shape index (κ1) is 17.9. The second-order valence-corrected chi connectivity index (χ2v) is 7.20. The van der Waals surface area contributed by atoms with Crippen molar-refractivity contribution in [3.63, 3.8) is 0 Å². The molecule has 1 heterocycles. The van der Waals surface area contributed by atoms with Crippen molar-refractivity contribution in [1.82, 2.24) is 10.3 Å². The van der Waals surface area contributed by atoms with E-state index >= 15 is 0 Å². The number of thiazole rings is 1. The maximum Gasteiger partial charge on any atom is 0.226 e. The quantitative estimate of drug-likeness (QED) is 0.802. The molecule has 2 aromatic rings. The van der Waals surface area contributed by atoms with E-state index in [-0.39, 0.29) is 18.4 Å². The Bertz CT molecular complexity index is 657. The number of hydrogen-bond donors (Lipinski definition) is 2. The van der Waals surface area contributed by atoms with Crippen molar-refractivity contribution in [1.29, 1.82) is 0 Å². The first-order valence-electron chi connectivity index (χ1n) is 7.68. The molecule has 0 aliphatic carbocycles. The standard InChI is InChI=1S/C17H22ClN3OS/c1-11(2)7-12(9-19)20-16(22)8-13-10-23-17(21-13)14-5-3-4-6-15(14)18/h3-6,10-12H,7-9,19H2,1-2H3,(H,20,22). The summed E-state index contributed by atoms with van der Waals surface area (Å²) in [5.74, 6) is 0.451. The topological polar surface area (TPSA) is 68.0 Å². The molecule has 124 valence electrons. The lowest BCUT2D eigenvalue weighted by Crippen LogP contribution is -2.41.